The summed E-state index contributed by atoms with van der Waals surface area (Å²) in [6.45, 7) is -0.418. The number of aromatic nitrogens is 2. The normalized spacial score (nSPS) is 12.2. The van der Waals surface area contributed by atoms with Crippen LogP contribution in [0.25, 0.3) is 11.3 Å². The molecule has 0 fully saturated rings. The van der Waals surface area contributed by atoms with Crippen LogP contribution in [-0.2, 0) is 27.8 Å². The van der Waals surface area contributed by atoms with Crippen LogP contribution in [0.4, 0.5) is 13.2 Å². The molecule has 0 unspecified atom stereocenters. The minimum absolute atomic E-state index is 0.0217. The van der Waals surface area contributed by atoms with Gasteiger partial charge >= 0.3 is 6.18 Å². The molecule has 0 saturated heterocycles. The molecule has 12 heteroatoms. The first-order valence-corrected chi connectivity index (χ1v) is 11.4. The average molecular weight is 480 g/mol. The van der Waals surface area contributed by atoms with Gasteiger partial charge in [0.2, 0.25) is 10.0 Å². The maximum Gasteiger partial charge on any atom is 0.389 e. The van der Waals surface area contributed by atoms with Crippen molar-refractivity contribution < 1.29 is 26.4 Å². The van der Waals surface area contributed by atoms with E-state index < -0.39 is 40.5 Å². The number of nitrogens with zero attached hydrogens (tertiary/aromatic N) is 2. The van der Waals surface area contributed by atoms with Gasteiger partial charge in [0.05, 0.1) is 18.0 Å². The van der Waals surface area contributed by atoms with Gasteiger partial charge in [-0.2, -0.15) is 13.2 Å². The van der Waals surface area contributed by atoms with Crippen molar-refractivity contribution in [1.29, 1.82) is 0 Å². The van der Waals surface area contributed by atoms with E-state index in [1.165, 1.54) is 6.07 Å². The topological polar surface area (TPSA) is 112 Å². The van der Waals surface area contributed by atoms with E-state index in [4.69, 9.17) is 16.7 Å². The minimum Gasteiger partial charge on any atom is -0.298 e. The molecule has 7 nitrogen and oxygen atoms in total. The Kier molecular flexibility index (Phi) is 8.38. The van der Waals surface area contributed by atoms with Crippen LogP contribution in [0, 0.1) is 0 Å². The number of carbonyl (C=O) groups excluding carboxylic acids is 1. The van der Waals surface area contributed by atoms with Gasteiger partial charge in [0.15, 0.2) is 5.78 Å². The van der Waals surface area contributed by atoms with Gasteiger partial charge in [-0.1, -0.05) is 23.7 Å². The van der Waals surface area contributed by atoms with Gasteiger partial charge in [0.25, 0.3) is 5.56 Å². The van der Waals surface area contributed by atoms with E-state index >= 15 is 0 Å². The van der Waals surface area contributed by atoms with Crippen molar-refractivity contribution in [3.8, 4) is 11.3 Å². The molecule has 0 aliphatic heterocycles. The third kappa shape index (κ3) is 8.80. The summed E-state index contributed by atoms with van der Waals surface area (Å²) < 4.78 is 60.6. The van der Waals surface area contributed by atoms with Crippen LogP contribution >= 0.6 is 11.6 Å². The number of rotatable bonds is 10. The summed E-state index contributed by atoms with van der Waals surface area (Å²) in [5, 5.41) is 5.35. The molecule has 0 spiro atoms. The fourth-order valence-electron chi connectivity index (χ4n) is 2.86. The van der Waals surface area contributed by atoms with Crippen LogP contribution in [0.3, 0.4) is 0 Å². The highest BCUT2D eigenvalue weighted by molar-refractivity contribution is 7.89. The van der Waals surface area contributed by atoms with Crippen LogP contribution < -0.4 is 10.7 Å². The number of alkyl halides is 3. The smallest absolute Gasteiger partial charge is 0.298 e. The second kappa shape index (κ2) is 10.4. The molecule has 1 heterocycles. The molecule has 31 heavy (non-hydrogen) atoms. The second-order valence-corrected chi connectivity index (χ2v) is 9.14. The molecular formula is C19H21ClF3N3O4S. The molecule has 1 aromatic carbocycles. The maximum atomic E-state index is 12.6. The molecule has 0 saturated carbocycles. The van der Waals surface area contributed by atoms with Crippen LogP contribution in [-0.4, -0.2) is 35.7 Å². The third-order valence-corrected chi connectivity index (χ3v) is 5.42. The first-order valence-electron chi connectivity index (χ1n) is 9.30. The van der Waals surface area contributed by atoms with Crippen LogP contribution in [0.2, 0.25) is 5.02 Å². The van der Waals surface area contributed by atoms with E-state index in [1.54, 1.807) is 24.3 Å². The van der Waals surface area contributed by atoms with Gasteiger partial charge in [-0.25, -0.2) is 18.5 Å². The Balaban J connectivity index is 2.28. The number of nitrogens with two attached hydrogens (primary N) is 1. The summed E-state index contributed by atoms with van der Waals surface area (Å²) in [6, 6.07) is 7.59. The van der Waals surface area contributed by atoms with E-state index in [-0.39, 0.29) is 43.0 Å². The minimum atomic E-state index is -4.36. The summed E-state index contributed by atoms with van der Waals surface area (Å²) in [5.41, 5.74) is 0.202. The predicted molar refractivity (Wildman–Crippen MR) is 110 cm³/mol. The molecule has 0 aliphatic rings. The first-order chi connectivity index (χ1) is 14.3. The summed E-state index contributed by atoms with van der Waals surface area (Å²) in [5.74, 6) is -0.801. The highest BCUT2D eigenvalue weighted by atomic mass is 35.5. The Morgan fingerprint density at radius 2 is 1.81 bits per heavy atom. The van der Waals surface area contributed by atoms with Gasteiger partial charge in [0.1, 0.15) is 5.82 Å². The van der Waals surface area contributed by atoms with E-state index in [2.05, 4.69) is 4.98 Å². The van der Waals surface area contributed by atoms with E-state index in [1.807, 2.05) is 0 Å². The number of hydrogen-bond donors (Lipinski definition) is 1. The molecule has 2 aromatic rings. The standard InChI is InChI=1S/C19H21ClF3N3O4S/c20-14-7-5-13(6-8-14)16-11-18(28)26(12-15(27)3-2-10-31(24,29)30)17(25-16)4-1-9-19(21,22)23/h5-8,11H,1-4,9-10,12H2,(H2,24,29,30). The first kappa shape index (κ1) is 25.0. The lowest BCUT2D eigenvalue weighted by Crippen LogP contribution is -2.29. The molecule has 0 aliphatic carbocycles. The monoisotopic (exact) mass is 479 g/mol. The fourth-order valence-corrected chi connectivity index (χ4v) is 3.53. The van der Waals surface area contributed by atoms with Crippen molar-refractivity contribution in [3.05, 3.63) is 51.5 Å². The van der Waals surface area contributed by atoms with Crippen molar-refractivity contribution in [1.82, 2.24) is 9.55 Å². The van der Waals surface area contributed by atoms with Gasteiger partial charge in [0, 0.05) is 35.9 Å². The molecule has 2 rings (SSSR count). The number of benzene rings is 1. The Hall–Kier alpha value is -2.24. The zero-order chi connectivity index (χ0) is 23.2. The number of ketones is 1. The predicted octanol–water partition coefficient (Wildman–Crippen LogP) is 3.09. The fraction of sp³-hybridized carbons (Fsp3) is 0.421. The largest absolute Gasteiger partial charge is 0.389 e. The molecule has 170 valence electrons. The lowest BCUT2D eigenvalue weighted by Gasteiger charge is -2.14. The van der Waals surface area contributed by atoms with Gasteiger partial charge in [-0.3, -0.25) is 14.2 Å². The number of halogens is 4. The number of aryl methyl sites for hydroxylation is 1. The van der Waals surface area contributed by atoms with Crippen molar-refractivity contribution in [2.75, 3.05) is 5.75 Å². The van der Waals surface area contributed by atoms with E-state index in [0.29, 0.717) is 10.6 Å². The van der Waals surface area contributed by atoms with Crippen molar-refractivity contribution in [2.45, 2.75) is 44.8 Å². The van der Waals surface area contributed by atoms with Gasteiger partial charge < -0.3 is 0 Å². The maximum absolute atomic E-state index is 12.6. The van der Waals surface area contributed by atoms with Crippen molar-refractivity contribution >= 4 is 27.4 Å². The van der Waals surface area contributed by atoms with Crippen LogP contribution in [0.5, 0.6) is 0 Å². The Labute approximate surface area is 182 Å². The molecule has 0 amide bonds. The van der Waals surface area contributed by atoms with E-state index in [9.17, 15) is 31.2 Å². The van der Waals surface area contributed by atoms with E-state index in [0.717, 1.165) is 4.57 Å². The molecule has 0 bridgehead atoms. The molecule has 0 atom stereocenters. The Morgan fingerprint density at radius 1 is 1.16 bits per heavy atom. The van der Waals surface area contributed by atoms with Crippen molar-refractivity contribution in [3.63, 3.8) is 0 Å². The number of carbonyl (C=O) groups is 1. The number of sulfonamides is 1. The molecule has 1 aromatic heterocycles. The summed E-state index contributed by atoms with van der Waals surface area (Å²) >= 11 is 5.85. The highest BCUT2D eigenvalue weighted by Crippen LogP contribution is 2.23. The lowest BCUT2D eigenvalue weighted by molar-refractivity contribution is -0.135. The number of primary sulfonamides is 1. The van der Waals surface area contributed by atoms with Gasteiger partial charge in [-0.05, 0) is 25.0 Å². The summed E-state index contributed by atoms with van der Waals surface area (Å²) in [4.78, 5) is 29.2. The molecule has 2 N–H and O–H groups in total. The van der Waals surface area contributed by atoms with Crippen LogP contribution in [0.15, 0.2) is 35.1 Å². The Morgan fingerprint density at radius 3 is 2.39 bits per heavy atom. The van der Waals surface area contributed by atoms with Crippen molar-refractivity contribution in [2.24, 2.45) is 5.14 Å². The Bertz CT molecular complexity index is 1080. The summed E-state index contributed by atoms with van der Waals surface area (Å²) in [7, 11) is -3.72. The SMILES string of the molecule is NS(=O)(=O)CCCC(=O)Cn1c(CCCC(F)(F)F)nc(-c2ccc(Cl)cc2)cc1=O. The number of Topliss-reactive ketones (excluding diaryl/α,β-unsaturated/α-hetero) is 1. The zero-order valence-corrected chi connectivity index (χ0v) is 17.9. The molecular weight excluding hydrogens is 459 g/mol. The summed E-state index contributed by atoms with van der Waals surface area (Å²) in [6.07, 6.45) is -6.06. The lowest BCUT2D eigenvalue weighted by atomic mass is 10.1. The highest BCUT2D eigenvalue weighted by Gasteiger charge is 2.26. The van der Waals surface area contributed by atoms with Gasteiger partial charge in [-0.15, -0.1) is 0 Å². The second-order valence-electron chi connectivity index (χ2n) is 6.97. The molecule has 0 radical (unpaired) electrons. The van der Waals surface area contributed by atoms with Crippen LogP contribution in [0.1, 0.15) is 31.5 Å². The zero-order valence-electron chi connectivity index (χ0n) is 16.4. The number of hydrogen-bond acceptors (Lipinski definition) is 5. The quantitative estimate of drug-likeness (QED) is 0.562. The third-order valence-electron chi connectivity index (χ3n) is 4.31. The average Bonchev–Trinajstić information content (AvgIpc) is 2.62.